The third kappa shape index (κ3) is 3.43. The maximum atomic E-state index is 13.0. The van der Waals surface area contributed by atoms with Crippen molar-refractivity contribution in [2.75, 3.05) is 27.2 Å². The summed E-state index contributed by atoms with van der Waals surface area (Å²) >= 11 is 0. The number of hydrogen-bond acceptors (Lipinski definition) is 5. The van der Waals surface area contributed by atoms with Crippen LogP contribution in [0, 0.1) is 0 Å². The highest BCUT2D eigenvalue weighted by Crippen LogP contribution is 2.29. The van der Waals surface area contributed by atoms with Gasteiger partial charge in [0.05, 0.1) is 0 Å². The summed E-state index contributed by atoms with van der Waals surface area (Å²) in [6, 6.07) is 5.43. The van der Waals surface area contributed by atoms with Crippen molar-refractivity contribution in [2.45, 2.75) is 35.1 Å². The highest BCUT2D eigenvalue weighted by atomic mass is 32.2. The Morgan fingerprint density at radius 2 is 1.74 bits per heavy atom. The van der Waals surface area contributed by atoms with Gasteiger partial charge in [-0.25, -0.2) is 21.1 Å². The van der Waals surface area contributed by atoms with Gasteiger partial charge in [0.1, 0.15) is 9.79 Å². The molecule has 0 aliphatic carbocycles. The first-order chi connectivity index (χ1) is 10.7. The monoisotopic (exact) mass is 361 g/mol. The van der Waals surface area contributed by atoms with E-state index in [1.165, 1.54) is 42.7 Å². The van der Waals surface area contributed by atoms with E-state index in [9.17, 15) is 16.8 Å². The summed E-state index contributed by atoms with van der Waals surface area (Å²) in [4.78, 5) is -0.389. The molecule has 1 aliphatic heterocycles. The summed E-state index contributed by atoms with van der Waals surface area (Å²) in [5, 5.41) is 0. The molecule has 1 aromatic rings. The summed E-state index contributed by atoms with van der Waals surface area (Å²) in [6.45, 7) is 0.586. The Hall–Kier alpha value is -1.00. The van der Waals surface area contributed by atoms with Gasteiger partial charge in [-0.1, -0.05) is 18.6 Å². The number of nitrogens with zero attached hydrogens (tertiary/aromatic N) is 2. The third-order valence-corrected chi connectivity index (χ3v) is 8.05. The molecule has 0 aromatic heterocycles. The number of piperidine rings is 1. The number of nitrogens with two attached hydrogens (primary N) is 1. The quantitative estimate of drug-likeness (QED) is 0.820. The molecule has 0 saturated carbocycles. The van der Waals surface area contributed by atoms with E-state index >= 15 is 0 Å². The van der Waals surface area contributed by atoms with Gasteiger partial charge in [-0.3, -0.25) is 0 Å². The lowest BCUT2D eigenvalue weighted by Crippen LogP contribution is -2.47. The molecule has 1 heterocycles. The van der Waals surface area contributed by atoms with Crippen molar-refractivity contribution in [3.8, 4) is 0 Å². The predicted molar refractivity (Wildman–Crippen MR) is 87.9 cm³/mol. The minimum absolute atomic E-state index is 0.186. The summed E-state index contributed by atoms with van der Waals surface area (Å²) < 4.78 is 53.3. The molecule has 7 nitrogen and oxygen atoms in total. The van der Waals surface area contributed by atoms with E-state index in [0.717, 1.165) is 17.1 Å². The van der Waals surface area contributed by atoms with Gasteiger partial charge in [0.25, 0.3) is 0 Å². The van der Waals surface area contributed by atoms with Crippen LogP contribution >= 0.6 is 0 Å². The van der Waals surface area contributed by atoms with Crippen molar-refractivity contribution < 1.29 is 16.8 Å². The molecule has 1 atom stereocenters. The zero-order valence-corrected chi connectivity index (χ0v) is 15.0. The predicted octanol–water partition coefficient (Wildman–Crippen LogP) is 0.439. The fourth-order valence-electron chi connectivity index (χ4n) is 2.73. The first-order valence-corrected chi connectivity index (χ1v) is 10.3. The molecule has 23 heavy (non-hydrogen) atoms. The number of sulfonamides is 2. The highest BCUT2D eigenvalue weighted by molar-refractivity contribution is 7.92. The van der Waals surface area contributed by atoms with Gasteiger partial charge in [-0.15, -0.1) is 0 Å². The van der Waals surface area contributed by atoms with Crippen LogP contribution in [0.1, 0.15) is 19.3 Å². The van der Waals surface area contributed by atoms with E-state index in [0.29, 0.717) is 13.0 Å². The first-order valence-electron chi connectivity index (χ1n) is 7.46. The Morgan fingerprint density at radius 3 is 2.30 bits per heavy atom. The Morgan fingerprint density at radius 1 is 1.13 bits per heavy atom. The molecular weight excluding hydrogens is 338 g/mol. The third-order valence-electron chi connectivity index (χ3n) is 4.04. The van der Waals surface area contributed by atoms with E-state index in [1.54, 1.807) is 0 Å². The molecule has 0 spiro atoms. The van der Waals surface area contributed by atoms with Crippen LogP contribution in [-0.4, -0.2) is 58.7 Å². The fourth-order valence-corrected chi connectivity index (χ4v) is 6.10. The molecule has 1 aromatic carbocycles. The fraction of sp³-hybridized carbons (Fsp3) is 0.571. The number of hydrogen-bond donors (Lipinski definition) is 1. The molecular formula is C14H23N3O4S2. The average molecular weight is 361 g/mol. The van der Waals surface area contributed by atoms with E-state index in [-0.39, 0.29) is 22.4 Å². The molecule has 2 rings (SSSR count). The molecule has 1 aliphatic rings. The van der Waals surface area contributed by atoms with Gasteiger partial charge in [-0.2, -0.15) is 4.31 Å². The van der Waals surface area contributed by atoms with E-state index in [1.807, 2.05) is 0 Å². The Labute approximate surface area is 138 Å². The van der Waals surface area contributed by atoms with Crippen LogP contribution in [-0.2, 0) is 20.0 Å². The van der Waals surface area contributed by atoms with Crippen molar-refractivity contribution in [1.82, 2.24) is 8.61 Å². The van der Waals surface area contributed by atoms with Crippen LogP contribution in [0.5, 0.6) is 0 Å². The SMILES string of the molecule is CN(C)S(=O)(=O)c1ccccc1S(=O)(=O)N1CCCCC1CN. The molecule has 2 N–H and O–H groups in total. The normalized spacial score (nSPS) is 20.8. The summed E-state index contributed by atoms with van der Waals surface area (Å²) in [5.74, 6) is 0. The van der Waals surface area contributed by atoms with Crippen molar-refractivity contribution in [3.05, 3.63) is 24.3 Å². The maximum absolute atomic E-state index is 13.0. The standard InChI is InChI=1S/C14H23N3O4S2/c1-16(2)22(18,19)13-8-3-4-9-14(13)23(20,21)17-10-6-5-7-12(17)11-15/h3-4,8-9,12H,5-7,10-11,15H2,1-2H3. The Kier molecular flexibility index (Phi) is 5.47. The van der Waals surface area contributed by atoms with Crippen LogP contribution in [0.15, 0.2) is 34.1 Å². The Balaban J connectivity index is 2.57. The minimum atomic E-state index is -3.92. The molecule has 130 valence electrons. The Bertz CT molecular complexity index is 760. The molecule has 1 fully saturated rings. The van der Waals surface area contributed by atoms with Gasteiger partial charge < -0.3 is 5.73 Å². The van der Waals surface area contributed by atoms with Crippen molar-refractivity contribution in [3.63, 3.8) is 0 Å². The van der Waals surface area contributed by atoms with Crippen LogP contribution in [0.4, 0.5) is 0 Å². The van der Waals surface area contributed by atoms with Gasteiger partial charge in [0.15, 0.2) is 0 Å². The molecule has 0 radical (unpaired) electrons. The van der Waals surface area contributed by atoms with E-state index in [4.69, 9.17) is 5.73 Å². The van der Waals surface area contributed by atoms with Crippen molar-refractivity contribution in [1.29, 1.82) is 0 Å². The smallest absolute Gasteiger partial charge is 0.244 e. The van der Waals surface area contributed by atoms with Crippen LogP contribution in [0.2, 0.25) is 0 Å². The summed E-state index contributed by atoms with van der Waals surface area (Å²) in [6.07, 6.45) is 2.36. The maximum Gasteiger partial charge on any atom is 0.244 e. The van der Waals surface area contributed by atoms with Crippen LogP contribution < -0.4 is 5.73 Å². The van der Waals surface area contributed by atoms with Crippen molar-refractivity contribution >= 4 is 20.0 Å². The topological polar surface area (TPSA) is 101 Å². The first kappa shape index (κ1) is 18.3. The second-order valence-electron chi connectivity index (χ2n) is 5.74. The molecule has 1 saturated heterocycles. The van der Waals surface area contributed by atoms with E-state index < -0.39 is 20.0 Å². The molecule has 9 heteroatoms. The minimum Gasteiger partial charge on any atom is -0.329 e. The van der Waals surface area contributed by atoms with Crippen LogP contribution in [0.25, 0.3) is 0 Å². The molecule has 0 amide bonds. The number of benzene rings is 1. The zero-order valence-electron chi connectivity index (χ0n) is 13.3. The second kappa shape index (κ2) is 6.86. The van der Waals surface area contributed by atoms with E-state index in [2.05, 4.69) is 0 Å². The lowest BCUT2D eigenvalue weighted by molar-refractivity contribution is 0.257. The van der Waals surface area contributed by atoms with Crippen LogP contribution in [0.3, 0.4) is 0 Å². The largest absolute Gasteiger partial charge is 0.329 e. The molecule has 0 bridgehead atoms. The van der Waals surface area contributed by atoms with Gasteiger partial charge in [-0.05, 0) is 25.0 Å². The van der Waals surface area contributed by atoms with Gasteiger partial charge in [0, 0.05) is 33.2 Å². The second-order valence-corrected chi connectivity index (χ2v) is 9.71. The summed E-state index contributed by atoms with van der Waals surface area (Å²) in [5.41, 5.74) is 5.71. The number of rotatable bonds is 5. The van der Waals surface area contributed by atoms with Crippen molar-refractivity contribution in [2.24, 2.45) is 5.73 Å². The summed E-state index contributed by atoms with van der Waals surface area (Å²) in [7, 11) is -5.03. The van der Waals surface area contributed by atoms with Gasteiger partial charge >= 0.3 is 0 Å². The zero-order chi connectivity index (χ0) is 17.3. The van der Waals surface area contributed by atoms with Gasteiger partial charge in [0.2, 0.25) is 20.0 Å². The lowest BCUT2D eigenvalue weighted by atomic mass is 10.1. The lowest BCUT2D eigenvalue weighted by Gasteiger charge is -2.34. The average Bonchev–Trinajstić information content (AvgIpc) is 2.54. The molecule has 1 unspecified atom stereocenters. The highest BCUT2D eigenvalue weighted by Gasteiger charge is 2.36.